The predicted octanol–water partition coefficient (Wildman–Crippen LogP) is 1.99. The number of nitrogens with zero attached hydrogens (tertiary/aromatic N) is 1. The standard InChI is InChI=1S/C9H16N2O2/c1-3-5-12-8-7-9(11-10-8)13-6-4-2/h7H,3-6H2,1-2H3,(H,10,11). The van der Waals surface area contributed by atoms with Gasteiger partial charge >= 0.3 is 0 Å². The molecule has 74 valence electrons. The lowest BCUT2D eigenvalue weighted by Gasteiger charge is -1.98. The Morgan fingerprint density at radius 2 is 1.92 bits per heavy atom. The van der Waals surface area contributed by atoms with E-state index in [2.05, 4.69) is 24.0 Å². The zero-order valence-corrected chi connectivity index (χ0v) is 8.17. The zero-order chi connectivity index (χ0) is 9.52. The van der Waals surface area contributed by atoms with E-state index in [1.807, 2.05) is 0 Å². The van der Waals surface area contributed by atoms with Crippen LogP contribution in [0, 0.1) is 0 Å². The fourth-order valence-corrected chi connectivity index (χ4v) is 0.853. The molecule has 0 spiro atoms. The van der Waals surface area contributed by atoms with Crippen LogP contribution >= 0.6 is 0 Å². The number of rotatable bonds is 6. The Balaban J connectivity index is 2.34. The smallest absolute Gasteiger partial charge is 0.236 e. The van der Waals surface area contributed by atoms with Crippen molar-refractivity contribution in [3.63, 3.8) is 0 Å². The Labute approximate surface area is 78.2 Å². The summed E-state index contributed by atoms with van der Waals surface area (Å²) in [6.45, 7) is 5.51. The van der Waals surface area contributed by atoms with Gasteiger partial charge in [0.25, 0.3) is 0 Å². The molecule has 0 aliphatic rings. The molecule has 0 fully saturated rings. The molecule has 4 nitrogen and oxygen atoms in total. The molecule has 0 unspecified atom stereocenters. The van der Waals surface area contributed by atoms with Crippen molar-refractivity contribution in [2.24, 2.45) is 0 Å². The first kappa shape index (κ1) is 9.89. The Bertz CT molecular complexity index is 213. The lowest BCUT2D eigenvalue weighted by atomic mass is 10.5. The van der Waals surface area contributed by atoms with Crippen LogP contribution in [0.25, 0.3) is 0 Å². The van der Waals surface area contributed by atoms with Crippen molar-refractivity contribution in [2.75, 3.05) is 13.2 Å². The fourth-order valence-electron chi connectivity index (χ4n) is 0.853. The van der Waals surface area contributed by atoms with Crippen LogP contribution in [0.5, 0.6) is 11.8 Å². The van der Waals surface area contributed by atoms with Crippen molar-refractivity contribution in [3.8, 4) is 11.8 Å². The molecule has 0 aromatic carbocycles. The van der Waals surface area contributed by atoms with Crippen LogP contribution in [-0.2, 0) is 0 Å². The minimum absolute atomic E-state index is 0.605. The maximum atomic E-state index is 5.32. The highest BCUT2D eigenvalue weighted by molar-refractivity contribution is 5.18. The maximum absolute atomic E-state index is 5.32. The van der Waals surface area contributed by atoms with Gasteiger partial charge in [0, 0.05) is 0 Å². The van der Waals surface area contributed by atoms with Gasteiger partial charge in [-0.05, 0) is 12.8 Å². The molecule has 1 aromatic rings. The van der Waals surface area contributed by atoms with Crippen LogP contribution in [-0.4, -0.2) is 23.4 Å². The second-order valence-electron chi connectivity index (χ2n) is 2.77. The first-order valence-corrected chi connectivity index (χ1v) is 4.67. The summed E-state index contributed by atoms with van der Waals surface area (Å²) in [5, 5.41) is 6.69. The van der Waals surface area contributed by atoms with Gasteiger partial charge in [0.05, 0.1) is 19.3 Å². The Morgan fingerprint density at radius 3 is 2.62 bits per heavy atom. The summed E-state index contributed by atoms with van der Waals surface area (Å²) >= 11 is 0. The van der Waals surface area contributed by atoms with Crippen molar-refractivity contribution in [1.29, 1.82) is 0 Å². The van der Waals surface area contributed by atoms with Gasteiger partial charge in [0.1, 0.15) is 0 Å². The van der Waals surface area contributed by atoms with E-state index >= 15 is 0 Å². The van der Waals surface area contributed by atoms with Crippen LogP contribution in [0.15, 0.2) is 6.07 Å². The van der Waals surface area contributed by atoms with E-state index in [1.54, 1.807) is 6.07 Å². The Hall–Kier alpha value is -1.19. The van der Waals surface area contributed by atoms with Gasteiger partial charge in [-0.1, -0.05) is 13.8 Å². The quantitative estimate of drug-likeness (QED) is 0.735. The summed E-state index contributed by atoms with van der Waals surface area (Å²) in [6, 6.07) is 1.77. The first-order chi connectivity index (χ1) is 6.36. The number of aromatic amines is 1. The van der Waals surface area contributed by atoms with E-state index in [4.69, 9.17) is 9.47 Å². The first-order valence-electron chi connectivity index (χ1n) is 4.67. The molecule has 0 saturated carbocycles. The van der Waals surface area contributed by atoms with Gasteiger partial charge in [-0.3, -0.25) is 0 Å². The molecule has 0 aliphatic carbocycles. The van der Waals surface area contributed by atoms with Gasteiger partial charge < -0.3 is 9.47 Å². The molecule has 0 amide bonds. The van der Waals surface area contributed by atoms with Crippen molar-refractivity contribution in [1.82, 2.24) is 10.2 Å². The van der Waals surface area contributed by atoms with Gasteiger partial charge in [-0.2, -0.15) is 0 Å². The third kappa shape index (κ3) is 3.36. The van der Waals surface area contributed by atoms with E-state index in [0.29, 0.717) is 25.0 Å². The van der Waals surface area contributed by atoms with Crippen LogP contribution in [0.1, 0.15) is 26.7 Å². The second kappa shape index (κ2) is 5.45. The molecule has 1 rings (SSSR count). The third-order valence-electron chi connectivity index (χ3n) is 1.45. The molecule has 0 aliphatic heterocycles. The second-order valence-corrected chi connectivity index (χ2v) is 2.77. The normalized spacial score (nSPS) is 10.0. The number of hydrogen-bond acceptors (Lipinski definition) is 3. The molecule has 1 heterocycles. The van der Waals surface area contributed by atoms with Gasteiger partial charge in [-0.25, -0.2) is 5.10 Å². The summed E-state index contributed by atoms with van der Waals surface area (Å²) in [4.78, 5) is 0. The highest BCUT2D eigenvalue weighted by Gasteiger charge is 2.00. The van der Waals surface area contributed by atoms with E-state index in [0.717, 1.165) is 12.8 Å². The maximum Gasteiger partial charge on any atom is 0.236 e. The third-order valence-corrected chi connectivity index (χ3v) is 1.45. The number of nitrogens with one attached hydrogen (secondary N) is 1. The minimum atomic E-state index is 0.605. The molecule has 13 heavy (non-hydrogen) atoms. The lowest BCUT2D eigenvalue weighted by Crippen LogP contribution is -1.94. The number of hydrogen-bond donors (Lipinski definition) is 1. The molecule has 0 saturated heterocycles. The summed E-state index contributed by atoms with van der Waals surface area (Å²) in [5.74, 6) is 1.28. The number of aromatic nitrogens is 2. The topological polar surface area (TPSA) is 47.1 Å². The number of H-pyrrole nitrogens is 1. The van der Waals surface area contributed by atoms with Crippen molar-refractivity contribution in [3.05, 3.63) is 6.07 Å². The van der Waals surface area contributed by atoms with E-state index < -0.39 is 0 Å². The molecule has 1 aromatic heterocycles. The predicted molar refractivity (Wildman–Crippen MR) is 50.2 cm³/mol. The zero-order valence-electron chi connectivity index (χ0n) is 8.17. The van der Waals surface area contributed by atoms with E-state index in [-0.39, 0.29) is 0 Å². The molecule has 0 radical (unpaired) electrons. The fraction of sp³-hybridized carbons (Fsp3) is 0.667. The summed E-state index contributed by atoms with van der Waals surface area (Å²) in [5.41, 5.74) is 0. The SMILES string of the molecule is CCCOc1cc(OCCC)[nH]n1. The molecule has 1 N–H and O–H groups in total. The molecule has 0 atom stereocenters. The van der Waals surface area contributed by atoms with Crippen molar-refractivity contribution in [2.45, 2.75) is 26.7 Å². The largest absolute Gasteiger partial charge is 0.478 e. The van der Waals surface area contributed by atoms with Crippen molar-refractivity contribution >= 4 is 0 Å². The lowest BCUT2D eigenvalue weighted by molar-refractivity contribution is 0.302. The summed E-state index contributed by atoms with van der Waals surface area (Å²) < 4.78 is 10.6. The minimum Gasteiger partial charge on any atom is -0.478 e. The van der Waals surface area contributed by atoms with Crippen LogP contribution < -0.4 is 9.47 Å². The van der Waals surface area contributed by atoms with Gasteiger partial charge in [0.2, 0.25) is 11.8 Å². The monoisotopic (exact) mass is 184 g/mol. The Kier molecular flexibility index (Phi) is 4.15. The van der Waals surface area contributed by atoms with E-state index in [1.165, 1.54) is 0 Å². The van der Waals surface area contributed by atoms with Crippen LogP contribution in [0.2, 0.25) is 0 Å². The van der Waals surface area contributed by atoms with Crippen LogP contribution in [0.4, 0.5) is 0 Å². The van der Waals surface area contributed by atoms with Gasteiger partial charge in [0.15, 0.2) is 0 Å². The average Bonchev–Trinajstić information content (AvgIpc) is 2.59. The average molecular weight is 184 g/mol. The number of ether oxygens (including phenoxy) is 2. The highest BCUT2D eigenvalue weighted by Crippen LogP contribution is 2.14. The van der Waals surface area contributed by atoms with Crippen molar-refractivity contribution < 1.29 is 9.47 Å². The molecular formula is C9H16N2O2. The highest BCUT2D eigenvalue weighted by atomic mass is 16.5. The summed E-state index contributed by atoms with van der Waals surface area (Å²) in [7, 11) is 0. The van der Waals surface area contributed by atoms with Crippen LogP contribution in [0.3, 0.4) is 0 Å². The summed E-state index contributed by atoms with van der Waals surface area (Å²) in [6.07, 6.45) is 1.97. The van der Waals surface area contributed by atoms with E-state index in [9.17, 15) is 0 Å². The molecular weight excluding hydrogens is 168 g/mol. The molecule has 0 bridgehead atoms. The Morgan fingerprint density at radius 1 is 1.23 bits per heavy atom. The van der Waals surface area contributed by atoms with Gasteiger partial charge in [-0.15, -0.1) is 5.10 Å². The molecule has 4 heteroatoms.